The van der Waals surface area contributed by atoms with E-state index in [1.165, 1.54) is 6.08 Å². The summed E-state index contributed by atoms with van der Waals surface area (Å²) >= 11 is 5.18. The van der Waals surface area contributed by atoms with E-state index < -0.39 is 0 Å². The Hall–Kier alpha value is -2.70. The van der Waals surface area contributed by atoms with Gasteiger partial charge >= 0.3 is 0 Å². The maximum atomic E-state index is 11.9. The van der Waals surface area contributed by atoms with Crippen LogP contribution in [0.15, 0.2) is 60.7 Å². The number of anilines is 1. The van der Waals surface area contributed by atoms with Crippen molar-refractivity contribution in [2.75, 3.05) is 18.5 Å². The van der Waals surface area contributed by atoms with E-state index >= 15 is 0 Å². The zero-order valence-electron chi connectivity index (χ0n) is 14.9. The molecule has 2 N–H and O–H groups in total. The zero-order chi connectivity index (χ0) is 18.9. The second kappa shape index (κ2) is 9.85. The van der Waals surface area contributed by atoms with Gasteiger partial charge in [-0.05, 0) is 61.0 Å². The molecule has 1 atom stereocenters. The quantitative estimate of drug-likeness (QED) is 0.588. The fourth-order valence-corrected chi connectivity index (χ4v) is 2.87. The van der Waals surface area contributed by atoms with E-state index in [2.05, 4.69) is 10.6 Å². The highest BCUT2D eigenvalue weighted by Gasteiger charge is 2.15. The number of hydrogen-bond acceptors (Lipinski definition) is 4. The number of thiocarbonyl (C=S) groups is 1. The topological polar surface area (TPSA) is 59.6 Å². The lowest BCUT2D eigenvalue weighted by molar-refractivity contribution is -0.115. The lowest BCUT2D eigenvalue weighted by Gasteiger charge is -2.12. The summed E-state index contributed by atoms with van der Waals surface area (Å²) in [5, 5.41) is 5.84. The summed E-state index contributed by atoms with van der Waals surface area (Å²) in [6.45, 7) is 1.38. The maximum absolute atomic E-state index is 11.9. The number of ether oxygens (including phenoxy) is 2. The third kappa shape index (κ3) is 6.51. The molecule has 1 heterocycles. The second-order valence-corrected chi connectivity index (χ2v) is 6.57. The largest absolute Gasteiger partial charge is 0.491 e. The van der Waals surface area contributed by atoms with Gasteiger partial charge in [-0.1, -0.05) is 30.3 Å². The molecule has 1 aliphatic rings. The van der Waals surface area contributed by atoms with Gasteiger partial charge in [0, 0.05) is 18.4 Å². The van der Waals surface area contributed by atoms with Crippen LogP contribution < -0.4 is 15.4 Å². The molecule has 0 radical (unpaired) electrons. The Labute approximate surface area is 164 Å². The van der Waals surface area contributed by atoms with E-state index in [-0.39, 0.29) is 17.1 Å². The molecular weight excluding hydrogens is 360 g/mol. The van der Waals surface area contributed by atoms with E-state index in [1.807, 2.05) is 54.6 Å². The SMILES string of the molecule is O=C(/C=C/c1ccccc1)NC(=S)Nc1ccc(OC[C@@H]2CCCO2)cc1. The molecule has 1 aliphatic heterocycles. The van der Waals surface area contributed by atoms with Gasteiger partial charge in [0.2, 0.25) is 5.91 Å². The number of carbonyl (C=O) groups excluding carboxylic acids is 1. The molecule has 27 heavy (non-hydrogen) atoms. The van der Waals surface area contributed by atoms with Crippen molar-refractivity contribution in [1.82, 2.24) is 5.32 Å². The highest BCUT2D eigenvalue weighted by molar-refractivity contribution is 7.80. The fourth-order valence-electron chi connectivity index (χ4n) is 2.65. The van der Waals surface area contributed by atoms with Crippen LogP contribution in [0.1, 0.15) is 18.4 Å². The molecule has 0 aliphatic carbocycles. The molecule has 0 unspecified atom stereocenters. The first kappa shape index (κ1) is 19.1. The first-order chi connectivity index (χ1) is 13.2. The third-order valence-corrected chi connectivity index (χ3v) is 4.24. The van der Waals surface area contributed by atoms with E-state index in [0.717, 1.165) is 36.4 Å². The molecule has 6 heteroatoms. The van der Waals surface area contributed by atoms with Crippen molar-refractivity contribution < 1.29 is 14.3 Å². The third-order valence-electron chi connectivity index (χ3n) is 4.04. The fraction of sp³-hybridized carbons (Fsp3) is 0.238. The molecule has 1 saturated heterocycles. The highest BCUT2D eigenvalue weighted by Crippen LogP contribution is 2.18. The van der Waals surface area contributed by atoms with Crippen molar-refractivity contribution in [2.24, 2.45) is 0 Å². The second-order valence-electron chi connectivity index (χ2n) is 6.16. The van der Waals surface area contributed by atoms with E-state index in [1.54, 1.807) is 6.08 Å². The minimum atomic E-state index is -0.284. The molecule has 2 aromatic rings. The van der Waals surface area contributed by atoms with Gasteiger partial charge in [0.05, 0.1) is 6.10 Å². The smallest absolute Gasteiger partial charge is 0.250 e. The molecule has 0 aromatic heterocycles. The Morgan fingerprint density at radius 3 is 2.67 bits per heavy atom. The van der Waals surface area contributed by atoms with Gasteiger partial charge in [0.15, 0.2) is 5.11 Å². The first-order valence-corrected chi connectivity index (χ1v) is 9.29. The van der Waals surface area contributed by atoms with Gasteiger partial charge in [-0.15, -0.1) is 0 Å². The molecule has 1 fully saturated rings. The summed E-state index contributed by atoms with van der Waals surface area (Å²) in [6, 6.07) is 17.0. The predicted octanol–water partition coefficient (Wildman–Crippen LogP) is 3.77. The average molecular weight is 382 g/mol. The number of benzene rings is 2. The van der Waals surface area contributed by atoms with Gasteiger partial charge < -0.3 is 14.8 Å². The van der Waals surface area contributed by atoms with Crippen molar-refractivity contribution >= 4 is 35.0 Å². The maximum Gasteiger partial charge on any atom is 0.250 e. The zero-order valence-corrected chi connectivity index (χ0v) is 15.7. The van der Waals surface area contributed by atoms with Crippen molar-refractivity contribution in [3.63, 3.8) is 0 Å². The lowest BCUT2D eigenvalue weighted by Crippen LogP contribution is -2.32. The number of hydrogen-bond donors (Lipinski definition) is 2. The summed E-state index contributed by atoms with van der Waals surface area (Å²) in [5.74, 6) is 0.490. The monoisotopic (exact) mass is 382 g/mol. The van der Waals surface area contributed by atoms with Crippen molar-refractivity contribution in [2.45, 2.75) is 18.9 Å². The summed E-state index contributed by atoms with van der Waals surface area (Å²) in [6.07, 6.45) is 5.52. The Kier molecular flexibility index (Phi) is 6.96. The molecule has 0 saturated carbocycles. The van der Waals surface area contributed by atoms with E-state index in [0.29, 0.717) is 6.61 Å². The Morgan fingerprint density at radius 1 is 1.19 bits per heavy atom. The van der Waals surface area contributed by atoms with Crippen LogP contribution in [0.2, 0.25) is 0 Å². The van der Waals surface area contributed by atoms with Gasteiger partial charge in [-0.25, -0.2) is 0 Å². The number of nitrogens with one attached hydrogen (secondary N) is 2. The van der Waals surface area contributed by atoms with Crippen LogP contribution in [-0.4, -0.2) is 30.3 Å². The van der Waals surface area contributed by atoms with Gasteiger partial charge in [0.25, 0.3) is 0 Å². The van der Waals surface area contributed by atoms with Crippen LogP contribution in [0.25, 0.3) is 6.08 Å². The van der Waals surface area contributed by atoms with Crippen molar-refractivity contribution in [3.05, 3.63) is 66.2 Å². The number of amides is 1. The average Bonchev–Trinajstić information content (AvgIpc) is 3.20. The van der Waals surface area contributed by atoms with Crippen LogP contribution in [0.5, 0.6) is 5.75 Å². The summed E-state index contributed by atoms with van der Waals surface area (Å²) < 4.78 is 11.3. The van der Waals surface area contributed by atoms with Crippen LogP contribution >= 0.6 is 12.2 Å². The molecule has 0 spiro atoms. The van der Waals surface area contributed by atoms with Crippen LogP contribution in [0.3, 0.4) is 0 Å². The Bertz CT molecular complexity index is 785. The van der Waals surface area contributed by atoms with Gasteiger partial charge in [-0.3, -0.25) is 10.1 Å². The van der Waals surface area contributed by atoms with E-state index in [4.69, 9.17) is 21.7 Å². The Balaban J connectivity index is 1.43. The lowest BCUT2D eigenvalue weighted by atomic mass is 10.2. The minimum absolute atomic E-state index is 0.189. The molecular formula is C21H22N2O3S. The molecule has 2 aromatic carbocycles. The first-order valence-electron chi connectivity index (χ1n) is 8.88. The van der Waals surface area contributed by atoms with Gasteiger partial charge in [-0.2, -0.15) is 0 Å². The molecule has 5 nitrogen and oxygen atoms in total. The molecule has 1 amide bonds. The van der Waals surface area contributed by atoms with Crippen molar-refractivity contribution in [3.8, 4) is 5.75 Å². The molecule has 0 bridgehead atoms. The van der Waals surface area contributed by atoms with Crippen LogP contribution in [0, 0.1) is 0 Å². The van der Waals surface area contributed by atoms with Crippen molar-refractivity contribution in [1.29, 1.82) is 0 Å². The molecule has 3 rings (SSSR count). The van der Waals surface area contributed by atoms with Gasteiger partial charge in [0.1, 0.15) is 12.4 Å². The molecule has 140 valence electrons. The van der Waals surface area contributed by atoms with Crippen LogP contribution in [0.4, 0.5) is 5.69 Å². The van der Waals surface area contributed by atoms with E-state index in [9.17, 15) is 4.79 Å². The summed E-state index contributed by atoms with van der Waals surface area (Å²) in [4.78, 5) is 11.9. The number of rotatable bonds is 6. The minimum Gasteiger partial charge on any atom is -0.491 e. The van der Waals surface area contributed by atoms with Crippen LogP contribution in [-0.2, 0) is 9.53 Å². The normalized spacial score (nSPS) is 16.2. The predicted molar refractivity (Wildman–Crippen MR) is 111 cm³/mol. The Morgan fingerprint density at radius 2 is 1.96 bits per heavy atom. The summed E-state index contributed by atoms with van der Waals surface area (Å²) in [7, 11) is 0. The number of carbonyl (C=O) groups is 1. The summed E-state index contributed by atoms with van der Waals surface area (Å²) in [5.41, 5.74) is 1.72. The highest BCUT2D eigenvalue weighted by atomic mass is 32.1. The standard InChI is InChI=1S/C21H22N2O3S/c24-20(13-8-16-5-2-1-3-6-16)23-21(27)22-17-9-11-18(12-10-17)26-15-19-7-4-14-25-19/h1-3,5-6,8-13,19H,4,7,14-15H2,(H2,22,23,24,27)/b13-8+/t19-/m0/s1.